The maximum atomic E-state index is 15.4. The Kier molecular flexibility index (Phi) is 32.8. The number of hydrogen-bond acceptors (Lipinski definition) is 24. The van der Waals surface area contributed by atoms with Crippen LogP contribution in [0.4, 0.5) is 34.1 Å². The van der Waals surface area contributed by atoms with E-state index < -0.39 is 172 Å². The van der Waals surface area contributed by atoms with Gasteiger partial charge < -0.3 is 33.2 Å². The highest BCUT2D eigenvalue weighted by Gasteiger charge is 2.70. The lowest BCUT2D eigenvalue weighted by molar-refractivity contribution is -0.139. The maximum absolute atomic E-state index is 15.4. The average Bonchev–Trinajstić information content (AvgIpc) is 1.55. The number of carbonyl (C=O) groups is 17. The van der Waals surface area contributed by atoms with Crippen molar-refractivity contribution >= 4 is 135 Å². The first-order valence-corrected chi connectivity index (χ1v) is 52.5. The predicted molar refractivity (Wildman–Crippen MR) is 544 cm³/mol. The van der Waals surface area contributed by atoms with E-state index in [1.165, 1.54) is 112 Å². The number of unbranched alkanes of at least 4 members (excludes halogenated alkanes) is 17. The summed E-state index contributed by atoms with van der Waals surface area (Å²) in [7, 11) is 0. The fraction of sp³-hybridized carbons (Fsp3) is 0.462. The zero-order chi connectivity index (χ0) is 104. The molecule has 770 valence electrons. The molecule has 10 aliphatic rings. The second-order valence-corrected chi connectivity index (χ2v) is 41.3. The number of imide groups is 6. The summed E-state index contributed by atoms with van der Waals surface area (Å²) in [5.74, 6) is -25.0. The lowest BCUT2D eigenvalue weighted by atomic mass is 9.77. The number of fused-ring (bicyclic) bond motifs is 15. The van der Waals surface area contributed by atoms with Gasteiger partial charge in [-0.15, -0.1) is 0 Å². The molecule has 12 unspecified atom stereocenters. The molecule has 7 aromatic rings. The number of anilines is 6. The fourth-order valence-corrected chi connectivity index (χ4v) is 23.6. The van der Waals surface area contributed by atoms with E-state index in [1.54, 1.807) is 64.1 Å². The zero-order valence-corrected chi connectivity index (χ0v) is 84.2. The summed E-state index contributed by atoms with van der Waals surface area (Å²) < 4.78 is 39.8. The van der Waals surface area contributed by atoms with Crippen molar-refractivity contribution in [3.63, 3.8) is 0 Å². The third-order valence-corrected chi connectivity index (χ3v) is 31.1. The van der Waals surface area contributed by atoms with E-state index in [1.807, 2.05) is 48.5 Å². The molecular formula is C117H128N6O24. The maximum Gasteiger partial charge on any atom is 0.338 e. The Morgan fingerprint density at radius 3 is 0.918 bits per heavy atom. The summed E-state index contributed by atoms with van der Waals surface area (Å²) in [5, 5.41) is 0. The molecule has 30 nitrogen and oxygen atoms in total. The molecule has 0 aromatic heterocycles. The molecule has 30 heteroatoms. The van der Waals surface area contributed by atoms with Crippen molar-refractivity contribution in [3.05, 3.63) is 209 Å². The summed E-state index contributed by atoms with van der Waals surface area (Å²) >= 11 is 0. The molecule has 12 atom stereocenters. The van der Waals surface area contributed by atoms with Gasteiger partial charge in [0.25, 0.3) is 0 Å². The van der Waals surface area contributed by atoms with Crippen LogP contribution in [0, 0.1) is 90.8 Å². The van der Waals surface area contributed by atoms with Gasteiger partial charge in [-0.25, -0.2) is 38.7 Å². The van der Waals surface area contributed by atoms with Crippen LogP contribution in [0.1, 0.15) is 261 Å². The lowest BCUT2D eigenvalue weighted by Crippen LogP contribution is -2.50. The molecule has 0 N–H and O–H groups in total. The Balaban J connectivity index is 0.515. The molecule has 7 aromatic carbocycles. The van der Waals surface area contributed by atoms with Crippen molar-refractivity contribution in [1.82, 2.24) is 0 Å². The zero-order valence-electron chi connectivity index (χ0n) is 84.2. The van der Waals surface area contributed by atoms with Crippen LogP contribution in [0.5, 0.6) is 17.2 Å². The second-order valence-electron chi connectivity index (χ2n) is 41.3. The van der Waals surface area contributed by atoms with Crippen LogP contribution in [0.3, 0.4) is 0 Å². The fourth-order valence-electron chi connectivity index (χ4n) is 23.6. The predicted octanol–water partition coefficient (Wildman–Crippen LogP) is 19.0. The van der Waals surface area contributed by atoms with Crippen molar-refractivity contribution in [1.29, 1.82) is 0 Å². The van der Waals surface area contributed by atoms with Crippen LogP contribution in [-0.4, -0.2) is 140 Å². The normalized spacial score (nSPS) is 23.2. The van der Waals surface area contributed by atoms with Crippen LogP contribution in [0.2, 0.25) is 0 Å². The topological polar surface area (TPSA) is 374 Å². The number of hydrogen-bond donors (Lipinski definition) is 0. The molecule has 0 radical (unpaired) electrons. The molecule has 4 saturated carbocycles. The number of ether oxygens (including phenoxy) is 7. The van der Waals surface area contributed by atoms with Gasteiger partial charge in [0.1, 0.15) is 17.2 Å². The van der Waals surface area contributed by atoms with E-state index in [-0.39, 0.29) is 96.5 Å². The minimum Gasteiger partial charge on any atom is -0.494 e. The number of nitrogens with zero attached hydrogens (tertiary/aromatic N) is 6. The van der Waals surface area contributed by atoms with Gasteiger partial charge in [-0.05, 0) is 279 Å². The van der Waals surface area contributed by atoms with Crippen molar-refractivity contribution in [3.8, 4) is 28.4 Å². The number of aryl methyl sites for hydroxylation is 2. The van der Waals surface area contributed by atoms with Gasteiger partial charge in [-0.1, -0.05) is 146 Å². The Labute approximate surface area is 855 Å². The van der Waals surface area contributed by atoms with E-state index in [0.717, 1.165) is 135 Å². The van der Waals surface area contributed by atoms with Gasteiger partial charge in [0.05, 0.1) is 161 Å². The highest BCUT2D eigenvalue weighted by Crippen LogP contribution is 2.58. The standard InChI is InChI=1S/C117H128N6O24/c1-8-9-22-29-72-30-32-73(33-31-72)74-34-44-86(45-35-74)142-51-24-20-21-28-55-146-117(140)79-62-84(121-105(128)93-67-94(106(121)129)100-99(93)109(132)122(110(100)133)83-59-71(7)57-78(61-83)116(139)144-53-26-17-14-12-10-11-13-16-23-50-141-87-46-36-75(37-47-87)76-38-48-88(49-39-76)147-114(137)69(4)5)64-85(63-79)123-111(134)97-89-65-90(98(97)112(123)135)102(125)118(101(89)124)80-40-42-81(43-41-80)119-107(130)95-91-66-92(96(95)108(119)131)104(127)120(103(91)126)82-58-70(6)56-77(60-82)115(138)145-54-27-19-15-18-25-52-143-113(136)68(2)3/h34-49,56-64,72-73,89-100H,2,4,8-33,50-55,65-67H2,1,3,5-7H3. The van der Waals surface area contributed by atoms with Gasteiger partial charge in [-0.3, -0.25) is 72.2 Å². The largest absolute Gasteiger partial charge is 0.494 e. The smallest absolute Gasteiger partial charge is 0.338 e. The molecular weight excluding hydrogens is 1870 g/mol. The summed E-state index contributed by atoms with van der Waals surface area (Å²) in [6.45, 7) is 17.5. The van der Waals surface area contributed by atoms with Crippen LogP contribution in [0.25, 0.3) is 11.1 Å². The van der Waals surface area contributed by atoms with E-state index in [0.29, 0.717) is 85.7 Å². The van der Waals surface area contributed by atoms with Gasteiger partial charge in [0.2, 0.25) is 70.9 Å². The SMILES string of the molecule is C=C(C)C(=O)OCCCCCCCOC(=O)c1cc(C)cc(N2C(=O)C3CC(C2=O)C2C(=O)N(c4ccc(N5C(=O)C6CC(C5=O)C5C(=O)N(c7cc(C(=O)OCCCCCCOc8ccc(C9CCC(CCCCC)CC9)cc8)cc(N8C(=O)C9CC(C8=O)C8C(=O)N(c%10cc(C)cc(C(=O)OCCCCCCCCCCCOc%11ccc(-c%12ccc(OC(=O)C(=C)C)cc%12)cc%11)c%10)C(=O)C98)c7)C(=O)C65)cc4)C(=O)C32)c1. The first-order valence-electron chi connectivity index (χ1n) is 52.5. The molecule has 0 spiro atoms. The van der Waals surface area contributed by atoms with Crippen LogP contribution >= 0.6 is 0 Å². The van der Waals surface area contributed by atoms with Crippen molar-refractivity contribution in [2.24, 2.45) is 76.9 Å². The first kappa shape index (κ1) is 104. The summed E-state index contributed by atoms with van der Waals surface area (Å²) in [6, 6.07) is 41.4. The average molecular weight is 2000 g/mol. The van der Waals surface area contributed by atoms with Gasteiger partial charge in [-0.2, -0.15) is 0 Å². The highest BCUT2D eigenvalue weighted by molar-refractivity contribution is 6.33. The number of rotatable bonds is 47. The summed E-state index contributed by atoms with van der Waals surface area (Å²) in [6.07, 6.45) is 24.2. The number of piperidine rings is 3. The van der Waals surface area contributed by atoms with E-state index in [9.17, 15) is 52.7 Å². The van der Waals surface area contributed by atoms with Gasteiger partial charge in [0, 0.05) is 11.1 Å². The Hall–Kier alpha value is -14.2. The monoisotopic (exact) mass is 2000 g/mol. The molecule has 17 rings (SSSR count). The number of esters is 5. The Bertz CT molecular complexity index is 6200. The number of carbonyl (C=O) groups excluding carboxylic acids is 17. The third kappa shape index (κ3) is 22.3. The first-order chi connectivity index (χ1) is 71.0. The van der Waals surface area contributed by atoms with Gasteiger partial charge >= 0.3 is 29.8 Å². The van der Waals surface area contributed by atoms with E-state index >= 15 is 28.8 Å². The molecule has 12 amide bonds. The van der Waals surface area contributed by atoms with Crippen LogP contribution in [-0.2, 0) is 86.1 Å². The van der Waals surface area contributed by atoms with Crippen molar-refractivity contribution in [2.45, 2.75) is 227 Å². The number of amides is 12. The molecule has 147 heavy (non-hydrogen) atoms. The quantitative estimate of drug-likeness (QED) is 0.00853. The molecule has 6 aliphatic heterocycles. The summed E-state index contributed by atoms with van der Waals surface area (Å²) in [5.41, 5.74) is 4.40. The molecule has 6 saturated heterocycles. The Morgan fingerprint density at radius 2 is 0.578 bits per heavy atom. The van der Waals surface area contributed by atoms with Gasteiger partial charge in [0.15, 0.2) is 0 Å². The highest BCUT2D eigenvalue weighted by atomic mass is 16.6. The third-order valence-electron chi connectivity index (χ3n) is 31.1. The minimum absolute atomic E-state index is 0.00479. The molecule has 6 heterocycles. The van der Waals surface area contributed by atoms with E-state index in [4.69, 9.17) is 33.2 Å². The number of benzene rings is 7. The molecule has 10 fully saturated rings. The molecule has 6 bridgehead atoms. The van der Waals surface area contributed by atoms with Crippen LogP contribution in [0.15, 0.2) is 176 Å². The van der Waals surface area contributed by atoms with E-state index in [2.05, 4.69) is 32.2 Å². The molecule has 4 aliphatic carbocycles. The van der Waals surface area contributed by atoms with Crippen molar-refractivity contribution in [2.75, 3.05) is 69.0 Å². The minimum atomic E-state index is -1.44. The second kappa shape index (κ2) is 46.3. The summed E-state index contributed by atoms with van der Waals surface area (Å²) in [4.78, 5) is 250. The Morgan fingerprint density at radius 1 is 0.293 bits per heavy atom. The lowest BCUT2D eigenvalue weighted by Gasteiger charge is -2.33. The van der Waals surface area contributed by atoms with Crippen molar-refractivity contribution < 1.29 is 115 Å². The van der Waals surface area contributed by atoms with Crippen LogP contribution < -0.4 is 43.6 Å².